The minimum Gasteiger partial charge on any atom is -0.463 e. The van der Waals surface area contributed by atoms with E-state index in [9.17, 15) is 19.4 Å². The van der Waals surface area contributed by atoms with Gasteiger partial charge in [0.1, 0.15) is 25.9 Å². The highest BCUT2D eigenvalue weighted by atomic mass is 31.2. The lowest BCUT2D eigenvalue weighted by Crippen LogP contribution is -2.37. The number of phosphoric ester groups is 1. The Kier molecular flexibility index (Phi) is 17.3. The number of aliphatic hydroxyl groups is 1. The Morgan fingerprint density at radius 2 is 1.58 bits per heavy atom. The summed E-state index contributed by atoms with van der Waals surface area (Å²) in [6.45, 7) is 2.06. The van der Waals surface area contributed by atoms with Crippen LogP contribution in [0.4, 0.5) is 0 Å². The zero-order valence-electron chi connectivity index (χ0n) is 20.0. The molecule has 184 valence electrons. The number of nitrogens with zero attached hydrogens (tertiary/aromatic N) is 1. The van der Waals surface area contributed by atoms with Crippen molar-refractivity contribution in [1.29, 1.82) is 0 Å². The van der Waals surface area contributed by atoms with E-state index in [1.54, 1.807) is 0 Å². The Bertz CT molecular complexity index is 534. The maximum Gasteiger partial charge on any atom is 0.472 e. The van der Waals surface area contributed by atoms with Gasteiger partial charge in [-0.1, -0.05) is 51.2 Å². The van der Waals surface area contributed by atoms with Gasteiger partial charge in [-0.05, 0) is 25.7 Å². The van der Waals surface area contributed by atoms with Gasteiger partial charge in [0.05, 0.1) is 27.7 Å². The minimum atomic E-state index is -4.24. The van der Waals surface area contributed by atoms with Crippen molar-refractivity contribution in [3.63, 3.8) is 0 Å². The average molecular weight is 467 g/mol. The van der Waals surface area contributed by atoms with Crippen molar-refractivity contribution in [2.45, 2.75) is 77.2 Å². The molecular formula is C22H45NO7P+. The molecule has 0 spiro atoms. The van der Waals surface area contributed by atoms with Crippen molar-refractivity contribution in [3.8, 4) is 0 Å². The van der Waals surface area contributed by atoms with Gasteiger partial charge in [0, 0.05) is 6.42 Å². The van der Waals surface area contributed by atoms with E-state index in [2.05, 4.69) is 19.1 Å². The predicted octanol–water partition coefficient (Wildman–Crippen LogP) is 4.21. The fourth-order valence-corrected chi connectivity index (χ4v) is 3.32. The van der Waals surface area contributed by atoms with Crippen LogP contribution in [0.15, 0.2) is 12.2 Å². The quantitative estimate of drug-likeness (QED) is 0.0911. The molecule has 0 amide bonds. The maximum absolute atomic E-state index is 11.8. The molecule has 0 saturated carbocycles. The number of likely N-dealkylation sites (N-methyl/N-ethyl adjacent to an activating group) is 1. The predicted molar refractivity (Wildman–Crippen MR) is 123 cm³/mol. The number of quaternary nitrogens is 1. The molecule has 0 aliphatic carbocycles. The van der Waals surface area contributed by atoms with E-state index in [1.807, 2.05) is 21.1 Å². The van der Waals surface area contributed by atoms with Crippen LogP contribution in [0, 0.1) is 0 Å². The zero-order chi connectivity index (χ0) is 23.6. The van der Waals surface area contributed by atoms with Crippen LogP contribution >= 0.6 is 7.82 Å². The summed E-state index contributed by atoms with van der Waals surface area (Å²) in [4.78, 5) is 21.3. The number of hydrogen-bond acceptors (Lipinski definition) is 6. The molecule has 0 aromatic rings. The smallest absolute Gasteiger partial charge is 0.463 e. The van der Waals surface area contributed by atoms with Gasteiger partial charge >= 0.3 is 13.8 Å². The molecule has 0 saturated heterocycles. The summed E-state index contributed by atoms with van der Waals surface area (Å²) in [5, 5.41) is 9.78. The van der Waals surface area contributed by atoms with Crippen LogP contribution < -0.4 is 0 Å². The number of rotatable bonds is 20. The Morgan fingerprint density at radius 3 is 2.23 bits per heavy atom. The number of esters is 1. The lowest BCUT2D eigenvalue weighted by molar-refractivity contribution is -0.870. The van der Waals surface area contributed by atoms with E-state index < -0.39 is 20.5 Å². The lowest BCUT2D eigenvalue weighted by atomic mass is 10.1. The second-order valence-corrected chi connectivity index (χ2v) is 10.3. The van der Waals surface area contributed by atoms with Gasteiger partial charge in [-0.25, -0.2) is 4.57 Å². The van der Waals surface area contributed by atoms with E-state index in [4.69, 9.17) is 13.8 Å². The first kappa shape index (κ1) is 30.2. The molecule has 0 aromatic carbocycles. The molecular weight excluding hydrogens is 421 g/mol. The SMILES string of the molecule is CCCC/C=C\CCCCCCCC(=O)OC[C@@H](O)COP(=O)(O)OCC[N+](C)(C)C. The molecule has 9 heteroatoms. The van der Waals surface area contributed by atoms with Gasteiger partial charge in [-0.2, -0.15) is 0 Å². The summed E-state index contributed by atoms with van der Waals surface area (Å²) in [5.74, 6) is -0.385. The summed E-state index contributed by atoms with van der Waals surface area (Å²) in [6, 6.07) is 0. The summed E-state index contributed by atoms with van der Waals surface area (Å²) in [5.41, 5.74) is 0. The normalized spacial score (nSPS) is 15.2. The average Bonchev–Trinajstić information content (AvgIpc) is 2.67. The Hall–Kier alpha value is -0.760. The molecule has 0 fully saturated rings. The molecule has 0 heterocycles. The van der Waals surface area contributed by atoms with Crippen molar-refractivity contribution < 1.29 is 37.6 Å². The van der Waals surface area contributed by atoms with Gasteiger partial charge in [0.25, 0.3) is 0 Å². The molecule has 0 aliphatic rings. The highest BCUT2D eigenvalue weighted by Gasteiger charge is 2.24. The number of carbonyl (C=O) groups excluding carboxylic acids is 1. The molecule has 0 aromatic heterocycles. The van der Waals surface area contributed by atoms with Crippen LogP contribution in [0.3, 0.4) is 0 Å². The van der Waals surface area contributed by atoms with E-state index in [0.717, 1.165) is 32.1 Å². The van der Waals surface area contributed by atoms with Gasteiger partial charge in [0.2, 0.25) is 0 Å². The van der Waals surface area contributed by atoms with Gasteiger partial charge in [-0.3, -0.25) is 13.8 Å². The van der Waals surface area contributed by atoms with Crippen LogP contribution in [0.1, 0.15) is 71.1 Å². The first-order valence-electron chi connectivity index (χ1n) is 11.5. The van der Waals surface area contributed by atoms with Crippen LogP contribution in [0.25, 0.3) is 0 Å². The third-order valence-corrected chi connectivity index (χ3v) is 5.51. The molecule has 1 unspecified atom stereocenters. The lowest BCUT2D eigenvalue weighted by Gasteiger charge is -2.24. The number of aliphatic hydroxyl groups excluding tert-OH is 1. The van der Waals surface area contributed by atoms with E-state index in [0.29, 0.717) is 17.4 Å². The Balaban J connectivity index is 3.68. The number of unbranched alkanes of at least 4 members (excludes halogenated alkanes) is 7. The summed E-state index contributed by atoms with van der Waals surface area (Å²) in [7, 11) is 1.55. The van der Waals surface area contributed by atoms with Crippen molar-refractivity contribution in [2.75, 3.05) is 47.5 Å². The van der Waals surface area contributed by atoms with Gasteiger partial charge in [0.15, 0.2) is 0 Å². The van der Waals surface area contributed by atoms with Crippen molar-refractivity contribution in [2.24, 2.45) is 0 Å². The zero-order valence-corrected chi connectivity index (χ0v) is 20.9. The topological polar surface area (TPSA) is 102 Å². The maximum atomic E-state index is 11.8. The van der Waals surface area contributed by atoms with E-state index in [1.165, 1.54) is 25.7 Å². The van der Waals surface area contributed by atoms with Crippen LogP contribution in [-0.4, -0.2) is 74.1 Å². The highest BCUT2D eigenvalue weighted by molar-refractivity contribution is 7.47. The first-order valence-corrected chi connectivity index (χ1v) is 13.0. The fraction of sp³-hybridized carbons (Fsp3) is 0.864. The largest absolute Gasteiger partial charge is 0.472 e. The van der Waals surface area contributed by atoms with Crippen molar-refractivity contribution >= 4 is 13.8 Å². The summed E-state index contributed by atoms with van der Waals surface area (Å²) >= 11 is 0. The van der Waals surface area contributed by atoms with Crippen molar-refractivity contribution in [1.82, 2.24) is 0 Å². The van der Waals surface area contributed by atoms with Gasteiger partial charge in [-0.15, -0.1) is 0 Å². The Morgan fingerprint density at radius 1 is 0.968 bits per heavy atom. The third kappa shape index (κ3) is 22.2. The second kappa shape index (κ2) is 17.8. The third-order valence-electron chi connectivity index (χ3n) is 4.53. The fourth-order valence-electron chi connectivity index (χ4n) is 2.58. The monoisotopic (exact) mass is 466 g/mol. The highest BCUT2D eigenvalue weighted by Crippen LogP contribution is 2.43. The number of ether oxygens (including phenoxy) is 1. The van der Waals surface area contributed by atoms with Crippen LogP contribution in [0.5, 0.6) is 0 Å². The molecule has 8 nitrogen and oxygen atoms in total. The first-order chi connectivity index (χ1) is 14.6. The van der Waals surface area contributed by atoms with Crippen molar-refractivity contribution in [3.05, 3.63) is 12.2 Å². The molecule has 2 atom stereocenters. The molecule has 0 radical (unpaired) electrons. The standard InChI is InChI=1S/C22H44NO7P/c1-5-6-7-8-9-10-11-12-13-14-15-16-22(25)28-19-21(24)20-30-31(26,27)29-18-17-23(2,3)4/h8-9,21,24H,5-7,10-20H2,1-4H3/p+1/b9-8-/t21-/m1/s1. The minimum absolute atomic E-state index is 0.0536. The summed E-state index contributed by atoms with van der Waals surface area (Å²) in [6.07, 6.45) is 13.6. The number of phosphoric acid groups is 1. The molecule has 0 aliphatic heterocycles. The van der Waals surface area contributed by atoms with Crippen LogP contribution in [0.2, 0.25) is 0 Å². The summed E-state index contributed by atoms with van der Waals surface area (Å²) < 4.78 is 26.9. The van der Waals surface area contributed by atoms with Gasteiger partial charge < -0.3 is 19.2 Å². The van der Waals surface area contributed by atoms with Crippen LogP contribution in [-0.2, 0) is 23.1 Å². The van der Waals surface area contributed by atoms with E-state index in [-0.39, 0.29) is 19.2 Å². The number of carbonyl (C=O) groups is 1. The number of allylic oxidation sites excluding steroid dienone is 2. The molecule has 2 N–H and O–H groups in total. The Labute approximate surface area is 188 Å². The molecule has 0 rings (SSSR count). The van der Waals surface area contributed by atoms with E-state index >= 15 is 0 Å². The molecule has 31 heavy (non-hydrogen) atoms. The number of hydrogen-bond donors (Lipinski definition) is 2. The molecule has 0 bridgehead atoms. The second-order valence-electron chi connectivity index (χ2n) is 8.87.